The summed E-state index contributed by atoms with van der Waals surface area (Å²) in [6.07, 6.45) is 1.74. The molecule has 190 valence electrons. The normalized spacial score (nSPS) is 23.4. The number of sulfonamides is 1. The first-order valence-electron chi connectivity index (χ1n) is 12.9. The molecule has 3 aromatic rings. The zero-order valence-electron chi connectivity index (χ0n) is 21.4. The fourth-order valence-electron chi connectivity index (χ4n) is 6.04. The van der Waals surface area contributed by atoms with Crippen molar-refractivity contribution in [2.75, 3.05) is 26.2 Å². The van der Waals surface area contributed by atoms with Crippen LogP contribution in [0.25, 0.3) is 11.1 Å². The maximum absolute atomic E-state index is 13.7. The maximum atomic E-state index is 13.7. The van der Waals surface area contributed by atoms with Crippen molar-refractivity contribution in [2.24, 2.45) is 0 Å². The van der Waals surface area contributed by atoms with Crippen LogP contribution in [0.3, 0.4) is 0 Å². The Morgan fingerprint density at radius 2 is 1.61 bits per heavy atom. The Morgan fingerprint density at radius 1 is 0.889 bits per heavy atom. The van der Waals surface area contributed by atoms with Crippen LogP contribution in [0.1, 0.15) is 41.0 Å². The molecule has 0 amide bonds. The van der Waals surface area contributed by atoms with E-state index in [0.717, 1.165) is 30.5 Å². The molecule has 0 saturated carbocycles. The quantitative estimate of drug-likeness (QED) is 0.537. The number of hydrogen-bond acceptors (Lipinski definition) is 4. The van der Waals surface area contributed by atoms with Gasteiger partial charge in [0.1, 0.15) is 0 Å². The van der Waals surface area contributed by atoms with Gasteiger partial charge in [-0.1, -0.05) is 66.2 Å². The fraction of sp³-hybridized carbons (Fsp3) is 0.400. The van der Waals surface area contributed by atoms with Crippen molar-refractivity contribution < 1.29 is 13.5 Å². The van der Waals surface area contributed by atoms with E-state index in [0.29, 0.717) is 18.0 Å². The maximum Gasteiger partial charge on any atom is 0.243 e. The van der Waals surface area contributed by atoms with Crippen LogP contribution >= 0.6 is 0 Å². The average molecular weight is 505 g/mol. The molecule has 1 unspecified atom stereocenters. The summed E-state index contributed by atoms with van der Waals surface area (Å²) in [5.74, 6) is 0.0929. The summed E-state index contributed by atoms with van der Waals surface area (Å²) in [7, 11) is -3.59. The number of hydrogen-bond donors (Lipinski definition) is 1. The molecule has 0 aliphatic carbocycles. The Bertz CT molecular complexity index is 1340. The summed E-state index contributed by atoms with van der Waals surface area (Å²) < 4.78 is 29.0. The highest BCUT2D eigenvalue weighted by Crippen LogP contribution is 2.43. The molecule has 0 spiro atoms. The van der Waals surface area contributed by atoms with Crippen LogP contribution in [0.5, 0.6) is 0 Å². The van der Waals surface area contributed by atoms with Crippen LogP contribution in [0.2, 0.25) is 0 Å². The highest BCUT2D eigenvalue weighted by Gasteiger charge is 2.50. The minimum atomic E-state index is -3.59. The van der Waals surface area contributed by atoms with Crippen LogP contribution < -0.4 is 0 Å². The van der Waals surface area contributed by atoms with Gasteiger partial charge in [-0.15, -0.1) is 0 Å². The average Bonchev–Trinajstić information content (AvgIpc) is 2.85. The van der Waals surface area contributed by atoms with E-state index in [9.17, 15) is 13.5 Å². The second-order valence-corrected chi connectivity index (χ2v) is 12.3. The molecule has 3 aromatic carbocycles. The zero-order valence-corrected chi connectivity index (χ0v) is 22.2. The van der Waals surface area contributed by atoms with Crippen molar-refractivity contribution in [3.8, 4) is 11.1 Å². The van der Waals surface area contributed by atoms with Crippen LogP contribution in [0.4, 0.5) is 0 Å². The van der Waals surface area contributed by atoms with Gasteiger partial charge in [-0.25, -0.2) is 8.42 Å². The summed E-state index contributed by atoms with van der Waals surface area (Å²) in [5, 5.41) is 10.3. The Hall–Kier alpha value is -2.51. The molecular weight excluding hydrogens is 468 g/mol. The standard InChI is InChI=1S/C30H36N2O3S/c1-21-10-11-22(2)26(18-21)24-12-14-25(15-13-24)30-27-19-31(16-6-7-17-32(27)28(30)20-33)36(34,35)29-9-5-4-8-23(29)3/h4-5,8-15,18,27-28,30,33H,6-7,16-17,19-20H2,1-3H3/t27-,28?,30-/m0/s1. The molecular formula is C30H36N2O3S. The fourth-order valence-corrected chi connectivity index (χ4v) is 7.77. The van der Waals surface area contributed by atoms with Gasteiger partial charge in [0.05, 0.1) is 11.5 Å². The lowest BCUT2D eigenvalue weighted by Gasteiger charge is -2.57. The predicted octanol–water partition coefficient (Wildman–Crippen LogP) is 4.89. The molecule has 6 heteroatoms. The van der Waals surface area contributed by atoms with Gasteiger partial charge in [-0.2, -0.15) is 4.31 Å². The molecule has 1 N–H and O–H groups in total. The van der Waals surface area contributed by atoms with Crippen LogP contribution in [0, 0.1) is 20.8 Å². The monoisotopic (exact) mass is 504 g/mol. The van der Waals surface area contributed by atoms with E-state index in [1.165, 1.54) is 22.3 Å². The second-order valence-electron chi connectivity index (χ2n) is 10.4. The number of rotatable bonds is 5. The van der Waals surface area contributed by atoms with E-state index in [1.807, 2.05) is 19.1 Å². The van der Waals surface area contributed by atoms with Gasteiger partial charge in [-0.05, 0) is 74.0 Å². The Balaban J connectivity index is 1.44. The van der Waals surface area contributed by atoms with Crippen molar-refractivity contribution in [3.05, 3.63) is 89.0 Å². The summed E-state index contributed by atoms with van der Waals surface area (Å²) in [6.45, 7) is 8.04. The highest BCUT2D eigenvalue weighted by atomic mass is 32.2. The first-order chi connectivity index (χ1) is 17.3. The Morgan fingerprint density at radius 3 is 2.33 bits per heavy atom. The number of benzene rings is 3. The van der Waals surface area contributed by atoms with Gasteiger partial charge in [0.25, 0.3) is 0 Å². The minimum Gasteiger partial charge on any atom is -0.395 e. The van der Waals surface area contributed by atoms with E-state index < -0.39 is 10.0 Å². The van der Waals surface area contributed by atoms with Crippen LogP contribution in [0.15, 0.2) is 71.6 Å². The molecule has 0 radical (unpaired) electrons. The summed E-state index contributed by atoms with van der Waals surface area (Å²) >= 11 is 0. The Labute approximate surface area is 215 Å². The van der Waals surface area contributed by atoms with Crippen molar-refractivity contribution >= 4 is 10.0 Å². The molecule has 5 rings (SSSR count). The lowest BCUT2D eigenvalue weighted by molar-refractivity contribution is -0.0553. The van der Waals surface area contributed by atoms with Crippen LogP contribution in [-0.4, -0.2) is 61.1 Å². The summed E-state index contributed by atoms with van der Waals surface area (Å²) in [6, 6.07) is 22.5. The molecule has 36 heavy (non-hydrogen) atoms. The third-order valence-corrected chi connectivity index (χ3v) is 10.1. The number of nitrogens with zero attached hydrogens (tertiary/aromatic N) is 2. The van der Waals surface area contributed by atoms with Crippen molar-refractivity contribution in [1.29, 1.82) is 0 Å². The lowest BCUT2D eigenvalue weighted by atomic mass is 9.74. The largest absolute Gasteiger partial charge is 0.395 e. The first-order valence-corrected chi connectivity index (χ1v) is 14.3. The SMILES string of the molecule is Cc1ccc(C)c(-c2ccc([C@@H]3C(CO)N4CCCCN(S(=O)(=O)c5ccccc5C)C[C@@H]34)cc2)c1. The van der Waals surface area contributed by atoms with E-state index in [2.05, 4.69) is 61.2 Å². The van der Waals surface area contributed by atoms with Gasteiger partial charge in [0, 0.05) is 31.1 Å². The van der Waals surface area contributed by atoms with Crippen molar-refractivity contribution in [1.82, 2.24) is 9.21 Å². The van der Waals surface area contributed by atoms with Gasteiger partial charge < -0.3 is 5.11 Å². The highest BCUT2D eigenvalue weighted by molar-refractivity contribution is 7.89. The molecule has 2 aliphatic rings. The van der Waals surface area contributed by atoms with Gasteiger partial charge in [0.2, 0.25) is 10.0 Å². The summed E-state index contributed by atoms with van der Waals surface area (Å²) in [5.41, 5.74) is 6.83. The van der Waals surface area contributed by atoms with Crippen molar-refractivity contribution in [3.63, 3.8) is 0 Å². The van der Waals surface area contributed by atoms with Gasteiger partial charge >= 0.3 is 0 Å². The molecule has 0 bridgehead atoms. The molecule has 5 nitrogen and oxygen atoms in total. The van der Waals surface area contributed by atoms with Gasteiger partial charge in [-0.3, -0.25) is 4.90 Å². The van der Waals surface area contributed by atoms with E-state index in [4.69, 9.17) is 0 Å². The third kappa shape index (κ3) is 4.52. The first kappa shape index (κ1) is 25.2. The lowest BCUT2D eigenvalue weighted by Crippen LogP contribution is -2.67. The number of aliphatic hydroxyl groups is 1. The van der Waals surface area contributed by atoms with E-state index in [-0.39, 0.29) is 24.6 Å². The van der Waals surface area contributed by atoms with E-state index in [1.54, 1.807) is 16.4 Å². The third-order valence-electron chi connectivity index (χ3n) is 8.04. The summed E-state index contributed by atoms with van der Waals surface area (Å²) in [4.78, 5) is 2.72. The van der Waals surface area contributed by atoms with Gasteiger partial charge in [0.15, 0.2) is 0 Å². The second kappa shape index (κ2) is 10.1. The molecule has 2 fully saturated rings. The molecule has 3 atom stereocenters. The minimum absolute atomic E-state index is 0.0164. The topological polar surface area (TPSA) is 60.9 Å². The van der Waals surface area contributed by atoms with E-state index >= 15 is 0 Å². The molecule has 2 heterocycles. The van der Waals surface area contributed by atoms with Crippen molar-refractivity contribution in [2.45, 2.75) is 56.5 Å². The molecule has 2 aliphatic heterocycles. The molecule has 0 aromatic heterocycles. The zero-order chi connectivity index (χ0) is 25.4. The molecule has 2 saturated heterocycles. The number of aliphatic hydroxyl groups excluding tert-OH is 1. The number of fused-ring (bicyclic) bond motifs is 1. The number of aryl methyl sites for hydroxylation is 3. The Kier molecular flexibility index (Phi) is 7.05. The van der Waals surface area contributed by atoms with Crippen LogP contribution in [-0.2, 0) is 10.0 Å². The smallest absolute Gasteiger partial charge is 0.243 e. The predicted molar refractivity (Wildman–Crippen MR) is 145 cm³/mol.